The van der Waals surface area contributed by atoms with E-state index in [1.807, 2.05) is 13.8 Å². The van der Waals surface area contributed by atoms with Crippen molar-refractivity contribution >= 4 is 0 Å². The Bertz CT molecular complexity index is 411. The fourth-order valence-electron chi connectivity index (χ4n) is 1.50. The molecule has 0 amide bonds. The predicted octanol–water partition coefficient (Wildman–Crippen LogP) is 3.77. The van der Waals surface area contributed by atoms with E-state index in [0.717, 1.165) is 24.5 Å². The third kappa shape index (κ3) is 2.90. The number of hydrogen-bond acceptors (Lipinski definition) is 2. The summed E-state index contributed by atoms with van der Waals surface area (Å²) in [5.41, 5.74) is -0.164. The van der Waals surface area contributed by atoms with Gasteiger partial charge in [-0.2, -0.15) is 13.2 Å². The van der Waals surface area contributed by atoms with E-state index in [9.17, 15) is 13.2 Å². The van der Waals surface area contributed by atoms with Gasteiger partial charge in [-0.1, -0.05) is 13.8 Å². The van der Waals surface area contributed by atoms with Crippen LogP contribution in [-0.2, 0) is 6.18 Å². The van der Waals surface area contributed by atoms with Gasteiger partial charge in [-0.15, -0.1) is 0 Å². The topological polar surface area (TPSA) is 22.1 Å². The second-order valence-corrected chi connectivity index (χ2v) is 4.58. The fraction of sp³-hybridized carbons (Fsp3) is 0.583. The summed E-state index contributed by atoms with van der Waals surface area (Å²) in [6.45, 7) is 3.81. The standard InChI is InChI=1S/C12H14F3NO/c1-7(2)9-6-16-11(12(13,14)15)5-10(9)17-8-3-4-8/h5-8H,3-4H2,1-2H3. The van der Waals surface area contributed by atoms with Crippen molar-refractivity contribution in [3.05, 3.63) is 23.5 Å². The van der Waals surface area contributed by atoms with E-state index in [1.165, 1.54) is 6.20 Å². The zero-order chi connectivity index (χ0) is 12.6. The van der Waals surface area contributed by atoms with Gasteiger partial charge in [0.25, 0.3) is 0 Å². The first-order chi connectivity index (χ1) is 7.88. The lowest BCUT2D eigenvalue weighted by atomic mass is 10.0. The molecule has 2 rings (SSSR count). The van der Waals surface area contributed by atoms with Gasteiger partial charge < -0.3 is 4.74 Å². The highest BCUT2D eigenvalue weighted by molar-refractivity contribution is 5.36. The number of aromatic nitrogens is 1. The van der Waals surface area contributed by atoms with Crippen LogP contribution in [0.15, 0.2) is 12.3 Å². The number of alkyl halides is 3. The molecule has 1 aromatic heterocycles. The molecule has 5 heteroatoms. The molecule has 0 atom stereocenters. The highest BCUT2D eigenvalue weighted by atomic mass is 19.4. The van der Waals surface area contributed by atoms with E-state index in [0.29, 0.717) is 5.75 Å². The van der Waals surface area contributed by atoms with Crippen molar-refractivity contribution < 1.29 is 17.9 Å². The Labute approximate surface area is 97.8 Å². The van der Waals surface area contributed by atoms with Gasteiger partial charge in [0.2, 0.25) is 0 Å². The molecule has 1 heterocycles. The number of pyridine rings is 1. The van der Waals surface area contributed by atoms with Crippen LogP contribution in [0, 0.1) is 0 Å². The Balaban J connectivity index is 2.34. The summed E-state index contributed by atoms with van der Waals surface area (Å²) >= 11 is 0. The molecule has 17 heavy (non-hydrogen) atoms. The van der Waals surface area contributed by atoms with E-state index in [2.05, 4.69) is 4.98 Å². The zero-order valence-corrected chi connectivity index (χ0v) is 9.71. The maximum absolute atomic E-state index is 12.5. The maximum atomic E-state index is 12.5. The largest absolute Gasteiger partial charge is 0.490 e. The number of halogens is 3. The van der Waals surface area contributed by atoms with Crippen LogP contribution in [0.4, 0.5) is 13.2 Å². The van der Waals surface area contributed by atoms with Gasteiger partial charge in [0.15, 0.2) is 0 Å². The van der Waals surface area contributed by atoms with Gasteiger partial charge >= 0.3 is 6.18 Å². The van der Waals surface area contributed by atoms with E-state index in [1.54, 1.807) is 0 Å². The molecule has 2 nitrogen and oxygen atoms in total. The van der Waals surface area contributed by atoms with E-state index in [-0.39, 0.29) is 12.0 Å². The molecular weight excluding hydrogens is 231 g/mol. The first-order valence-corrected chi connectivity index (χ1v) is 5.61. The molecule has 1 aliphatic carbocycles. The van der Waals surface area contributed by atoms with Crippen molar-refractivity contribution in [3.8, 4) is 5.75 Å². The molecule has 1 aromatic rings. The lowest BCUT2D eigenvalue weighted by molar-refractivity contribution is -0.141. The minimum absolute atomic E-state index is 0.0796. The van der Waals surface area contributed by atoms with Crippen molar-refractivity contribution in [2.45, 2.75) is 44.9 Å². The minimum Gasteiger partial charge on any atom is -0.490 e. The predicted molar refractivity (Wildman–Crippen MR) is 57.0 cm³/mol. The van der Waals surface area contributed by atoms with Crippen molar-refractivity contribution in [1.82, 2.24) is 4.98 Å². The van der Waals surface area contributed by atoms with Crippen molar-refractivity contribution in [2.24, 2.45) is 0 Å². The first kappa shape index (κ1) is 12.2. The summed E-state index contributed by atoms with van der Waals surface area (Å²) in [5.74, 6) is 0.420. The highest BCUT2D eigenvalue weighted by Crippen LogP contribution is 2.36. The molecule has 0 aliphatic heterocycles. The summed E-state index contributed by atoms with van der Waals surface area (Å²) in [4.78, 5) is 3.45. The van der Waals surface area contributed by atoms with Crippen LogP contribution in [0.5, 0.6) is 5.75 Å². The van der Waals surface area contributed by atoms with E-state index >= 15 is 0 Å². The molecule has 0 saturated heterocycles. The van der Waals surface area contributed by atoms with Crippen LogP contribution in [0.2, 0.25) is 0 Å². The van der Waals surface area contributed by atoms with Crippen LogP contribution in [0.3, 0.4) is 0 Å². The average molecular weight is 245 g/mol. The lowest BCUT2D eigenvalue weighted by Crippen LogP contribution is -2.10. The van der Waals surface area contributed by atoms with Gasteiger partial charge in [0.05, 0.1) is 6.10 Å². The third-order valence-corrected chi connectivity index (χ3v) is 2.63. The second kappa shape index (κ2) is 4.20. The van der Waals surface area contributed by atoms with E-state index < -0.39 is 11.9 Å². The number of hydrogen-bond donors (Lipinski definition) is 0. The number of nitrogens with zero attached hydrogens (tertiary/aromatic N) is 1. The monoisotopic (exact) mass is 245 g/mol. The molecule has 0 spiro atoms. The fourth-order valence-corrected chi connectivity index (χ4v) is 1.50. The number of ether oxygens (including phenoxy) is 1. The molecule has 0 unspecified atom stereocenters. The number of rotatable bonds is 3. The molecule has 0 bridgehead atoms. The highest BCUT2D eigenvalue weighted by Gasteiger charge is 2.34. The molecule has 1 fully saturated rings. The Morgan fingerprint density at radius 2 is 2.00 bits per heavy atom. The van der Waals surface area contributed by atoms with Gasteiger partial charge in [-0.05, 0) is 18.8 Å². The molecule has 1 aliphatic rings. The average Bonchev–Trinajstić information content (AvgIpc) is 2.99. The molecular formula is C12H14F3NO. The van der Waals surface area contributed by atoms with Gasteiger partial charge in [0.1, 0.15) is 11.4 Å². The second-order valence-electron chi connectivity index (χ2n) is 4.58. The Morgan fingerprint density at radius 3 is 2.47 bits per heavy atom. The zero-order valence-electron chi connectivity index (χ0n) is 9.71. The van der Waals surface area contributed by atoms with Gasteiger partial charge in [0, 0.05) is 17.8 Å². The summed E-state index contributed by atoms with van der Waals surface area (Å²) < 4.78 is 43.1. The van der Waals surface area contributed by atoms with Crippen molar-refractivity contribution in [2.75, 3.05) is 0 Å². The smallest absolute Gasteiger partial charge is 0.433 e. The summed E-state index contributed by atoms with van der Waals surface area (Å²) in [7, 11) is 0. The van der Waals surface area contributed by atoms with Crippen LogP contribution < -0.4 is 4.74 Å². The minimum atomic E-state index is -4.42. The third-order valence-electron chi connectivity index (χ3n) is 2.63. The normalized spacial score (nSPS) is 16.4. The molecule has 1 saturated carbocycles. The van der Waals surface area contributed by atoms with E-state index in [4.69, 9.17) is 4.74 Å². The Hall–Kier alpha value is -1.26. The van der Waals surface area contributed by atoms with Crippen LogP contribution in [-0.4, -0.2) is 11.1 Å². The summed E-state index contributed by atoms with van der Waals surface area (Å²) in [6, 6.07) is 1.01. The van der Waals surface area contributed by atoms with Crippen molar-refractivity contribution in [1.29, 1.82) is 0 Å². The quantitative estimate of drug-likeness (QED) is 0.808. The Morgan fingerprint density at radius 1 is 1.35 bits per heavy atom. The molecule has 94 valence electrons. The van der Waals surface area contributed by atoms with Crippen molar-refractivity contribution in [3.63, 3.8) is 0 Å². The Kier molecular flexibility index (Phi) is 3.02. The van der Waals surface area contributed by atoms with Gasteiger partial charge in [-0.3, -0.25) is 4.98 Å². The molecule has 0 aromatic carbocycles. The summed E-state index contributed by atoms with van der Waals surface area (Å²) in [6.07, 6.45) is -1.24. The van der Waals surface area contributed by atoms with Crippen LogP contribution in [0.25, 0.3) is 0 Å². The lowest BCUT2D eigenvalue weighted by Gasteiger charge is -2.15. The SMILES string of the molecule is CC(C)c1cnc(C(F)(F)F)cc1OC1CC1. The summed E-state index contributed by atoms with van der Waals surface area (Å²) in [5, 5.41) is 0. The van der Waals surface area contributed by atoms with Crippen LogP contribution in [0.1, 0.15) is 43.9 Å². The van der Waals surface area contributed by atoms with Gasteiger partial charge in [-0.25, -0.2) is 0 Å². The molecule has 0 N–H and O–H groups in total. The van der Waals surface area contributed by atoms with Crippen LogP contribution >= 0.6 is 0 Å². The maximum Gasteiger partial charge on any atom is 0.433 e. The first-order valence-electron chi connectivity index (χ1n) is 5.61. The molecule has 0 radical (unpaired) electrons.